The van der Waals surface area contributed by atoms with Crippen molar-refractivity contribution in [2.24, 2.45) is 5.41 Å². The van der Waals surface area contributed by atoms with Crippen molar-refractivity contribution < 1.29 is 9.59 Å². The second-order valence-corrected chi connectivity index (χ2v) is 6.53. The van der Waals surface area contributed by atoms with E-state index >= 15 is 0 Å². The van der Waals surface area contributed by atoms with Crippen LogP contribution in [0.3, 0.4) is 0 Å². The van der Waals surface area contributed by atoms with Gasteiger partial charge in [0, 0.05) is 18.3 Å². The van der Waals surface area contributed by atoms with Gasteiger partial charge in [-0.15, -0.1) is 0 Å². The van der Waals surface area contributed by atoms with E-state index in [-0.39, 0.29) is 18.0 Å². The number of carbonyl (C=O) groups is 2. The topological polar surface area (TPSA) is 94.0 Å². The first-order chi connectivity index (χ1) is 11.4. The zero-order valence-electron chi connectivity index (χ0n) is 14.2. The van der Waals surface area contributed by atoms with Crippen LogP contribution in [0.1, 0.15) is 45.1 Å². The average molecular weight is 328 g/mol. The fourth-order valence-corrected chi connectivity index (χ4v) is 2.86. The highest BCUT2D eigenvalue weighted by atomic mass is 16.2. The van der Waals surface area contributed by atoms with E-state index in [2.05, 4.69) is 22.0 Å². The minimum absolute atomic E-state index is 0.0718. The molecular weight excluding hydrogens is 304 g/mol. The third-order valence-corrected chi connectivity index (χ3v) is 4.19. The summed E-state index contributed by atoms with van der Waals surface area (Å²) in [5, 5.41) is 17.7. The highest BCUT2D eigenvalue weighted by Gasteiger charge is 2.41. The first kappa shape index (κ1) is 17.8. The summed E-state index contributed by atoms with van der Waals surface area (Å²) in [6, 6.07) is 9.29. The maximum Gasteiger partial charge on any atom is 0.319 e. The van der Waals surface area contributed by atoms with Gasteiger partial charge in [-0.3, -0.25) is 4.79 Å². The first-order valence-electron chi connectivity index (χ1n) is 8.31. The maximum atomic E-state index is 12.3. The van der Waals surface area contributed by atoms with Crippen molar-refractivity contribution in [1.82, 2.24) is 10.6 Å². The van der Waals surface area contributed by atoms with Crippen molar-refractivity contribution in [3.63, 3.8) is 0 Å². The molecule has 3 N–H and O–H groups in total. The van der Waals surface area contributed by atoms with Gasteiger partial charge < -0.3 is 16.0 Å². The fraction of sp³-hybridized carbons (Fsp3) is 0.500. The van der Waals surface area contributed by atoms with Gasteiger partial charge in [0.2, 0.25) is 5.91 Å². The molecule has 2 rings (SSSR count). The van der Waals surface area contributed by atoms with Gasteiger partial charge in [-0.25, -0.2) is 4.79 Å². The molecule has 0 radical (unpaired) electrons. The number of nitrogens with zero attached hydrogens (tertiary/aromatic N) is 1. The molecule has 1 saturated carbocycles. The van der Waals surface area contributed by atoms with Crippen LogP contribution < -0.4 is 16.0 Å². The number of carbonyl (C=O) groups excluding carboxylic acids is 2. The molecule has 6 nitrogen and oxygen atoms in total. The lowest BCUT2D eigenvalue weighted by Crippen LogP contribution is -2.37. The zero-order valence-corrected chi connectivity index (χ0v) is 14.2. The van der Waals surface area contributed by atoms with Gasteiger partial charge in [0.1, 0.15) is 5.41 Å². The summed E-state index contributed by atoms with van der Waals surface area (Å²) in [4.78, 5) is 23.9. The number of nitrogens with one attached hydrogen (secondary N) is 3. The summed E-state index contributed by atoms with van der Waals surface area (Å²) in [5.41, 5.74) is 0.757. The molecule has 128 valence electrons. The normalized spacial score (nSPS) is 15.6. The Labute approximate surface area is 142 Å². The Bertz CT molecular complexity index is 625. The molecule has 3 amide bonds. The van der Waals surface area contributed by atoms with Gasteiger partial charge in [0.25, 0.3) is 0 Å². The molecule has 0 heterocycles. The Kier molecular flexibility index (Phi) is 5.80. The third-order valence-electron chi connectivity index (χ3n) is 4.19. The monoisotopic (exact) mass is 328 g/mol. The molecule has 1 aromatic carbocycles. The van der Waals surface area contributed by atoms with Crippen LogP contribution in [-0.4, -0.2) is 18.0 Å². The van der Waals surface area contributed by atoms with Crippen LogP contribution in [0.5, 0.6) is 0 Å². The molecular formula is C18H24N4O2. The van der Waals surface area contributed by atoms with Crippen LogP contribution in [-0.2, 0) is 11.3 Å². The lowest BCUT2D eigenvalue weighted by Gasteiger charge is -2.19. The highest BCUT2D eigenvalue weighted by molar-refractivity contribution is 5.89. The molecule has 0 aromatic heterocycles. The van der Waals surface area contributed by atoms with Gasteiger partial charge in [-0.2, -0.15) is 5.26 Å². The van der Waals surface area contributed by atoms with E-state index in [4.69, 9.17) is 0 Å². The lowest BCUT2D eigenvalue weighted by atomic mass is 9.87. The second kappa shape index (κ2) is 7.82. The number of amides is 3. The van der Waals surface area contributed by atoms with Crippen LogP contribution in [0, 0.1) is 16.7 Å². The largest absolute Gasteiger partial charge is 0.351 e. The number of hydrogen-bond donors (Lipinski definition) is 3. The number of nitriles is 1. The van der Waals surface area contributed by atoms with Gasteiger partial charge in [-0.1, -0.05) is 25.0 Å². The molecule has 1 aliphatic carbocycles. The summed E-state index contributed by atoms with van der Waals surface area (Å²) >= 11 is 0. The minimum Gasteiger partial charge on any atom is -0.351 e. The van der Waals surface area contributed by atoms with Crippen LogP contribution >= 0.6 is 0 Å². The van der Waals surface area contributed by atoms with Crippen molar-refractivity contribution in [1.29, 1.82) is 5.26 Å². The molecule has 0 unspecified atom stereocenters. The first-order valence-corrected chi connectivity index (χ1v) is 8.31. The minimum atomic E-state index is -0.851. The molecule has 1 aromatic rings. The van der Waals surface area contributed by atoms with Gasteiger partial charge >= 0.3 is 6.03 Å². The van der Waals surface area contributed by atoms with Crippen molar-refractivity contribution >= 4 is 17.6 Å². The van der Waals surface area contributed by atoms with E-state index in [1.807, 2.05) is 26.0 Å². The molecule has 1 fully saturated rings. The Morgan fingerprint density at radius 3 is 2.38 bits per heavy atom. The summed E-state index contributed by atoms with van der Waals surface area (Å²) < 4.78 is 0. The van der Waals surface area contributed by atoms with Gasteiger partial charge in [0.05, 0.1) is 6.07 Å². The van der Waals surface area contributed by atoms with E-state index in [0.717, 1.165) is 18.4 Å². The predicted molar refractivity (Wildman–Crippen MR) is 92.1 cm³/mol. The Balaban J connectivity index is 1.87. The third kappa shape index (κ3) is 4.48. The number of hydrogen-bond acceptors (Lipinski definition) is 3. The molecule has 0 saturated heterocycles. The van der Waals surface area contributed by atoms with Crippen LogP contribution in [0.4, 0.5) is 10.5 Å². The second-order valence-electron chi connectivity index (χ2n) is 6.53. The number of rotatable bonds is 5. The number of anilines is 1. The lowest BCUT2D eigenvalue weighted by molar-refractivity contribution is -0.128. The molecule has 6 heteroatoms. The molecule has 1 aliphatic rings. The molecule has 24 heavy (non-hydrogen) atoms. The van der Waals surface area contributed by atoms with Crippen molar-refractivity contribution in [2.75, 3.05) is 5.32 Å². The van der Waals surface area contributed by atoms with Crippen molar-refractivity contribution in [3.05, 3.63) is 29.8 Å². The van der Waals surface area contributed by atoms with Crippen molar-refractivity contribution in [2.45, 2.75) is 52.1 Å². The van der Waals surface area contributed by atoms with Gasteiger partial charge in [0.15, 0.2) is 0 Å². The van der Waals surface area contributed by atoms with Crippen LogP contribution in [0.25, 0.3) is 0 Å². The van der Waals surface area contributed by atoms with Crippen LogP contribution in [0.15, 0.2) is 24.3 Å². The molecule has 0 atom stereocenters. The quantitative estimate of drug-likeness (QED) is 0.775. The SMILES string of the molecule is CC(C)NC(=O)Nc1ccc(CNC(=O)C2(C#N)CCCC2)cc1. The Morgan fingerprint density at radius 1 is 1.21 bits per heavy atom. The summed E-state index contributed by atoms with van der Waals surface area (Å²) in [5.74, 6) is -0.180. The van der Waals surface area contributed by atoms with E-state index in [9.17, 15) is 14.9 Å². The molecule has 0 aliphatic heterocycles. The maximum absolute atomic E-state index is 12.3. The smallest absolute Gasteiger partial charge is 0.319 e. The molecule has 0 spiro atoms. The van der Waals surface area contributed by atoms with Crippen LogP contribution in [0.2, 0.25) is 0 Å². The Hall–Kier alpha value is -2.55. The summed E-state index contributed by atoms with van der Waals surface area (Å²) in [7, 11) is 0. The fourth-order valence-electron chi connectivity index (χ4n) is 2.86. The van der Waals surface area contributed by atoms with E-state index < -0.39 is 5.41 Å². The van der Waals surface area contributed by atoms with E-state index in [1.165, 1.54) is 0 Å². The number of urea groups is 1. The summed E-state index contributed by atoms with van der Waals surface area (Å²) in [6.45, 7) is 4.16. The standard InChI is InChI=1S/C18H24N4O2/c1-13(2)21-17(24)22-15-7-5-14(6-8-15)11-20-16(23)18(12-19)9-3-4-10-18/h5-8,13H,3-4,9-11H2,1-2H3,(H,20,23)(H2,21,22,24). The van der Waals surface area contributed by atoms with Crippen molar-refractivity contribution in [3.8, 4) is 6.07 Å². The summed E-state index contributed by atoms with van der Waals surface area (Å²) in [6.07, 6.45) is 3.14. The average Bonchev–Trinajstić information content (AvgIpc) is 3.03. The van der Waals surface area contributed by atoms with E-state index in [0.29, 0.717) is 25.1 Å². The predicted octanol–water partition coefficient (Wildman–Crippen LogP) is 2.92. The molecule has 0 bridgehead atoms. The van der Waals surface area contributed by atoms with E-state index in [1.54, 1.807) is 12.1 Å². The highest BCUT2D eigenvalue weighted by Crippen LogP contribution is 2.37. The number of benzene rings is 1. The zero-order chi connectivity index (χ0) is 17.6. The van der Waals surface area contributed by atoms with Gasteiger partial charge in [-0.05, 0) is 44.4 Å². The Morgan fingerprint density at radius 2 is 1.83 bits per heavy atom.